The maximum absolute atomic E-state index is 13.1. The maximum Gasteiger partial charge on any atom is 0.416 e. The molecule has 37 heavy (non-hydrogen) atoms. The molecule has 3 N–H and O–H groups in total. The average molecular weight is 506 g/mol. The van der Waals surface area contributed by atoms with Gasteiger partial charge in [-0.25, -0.2) is 9.97 Å². The number of hydrogen-bond acceptors (Lipinski definition) is 7. The van der Waals surface area contributed by atoms with Crippen molar-refractivity contribution in [2.75, 3.05) is 32.5 Å². The zero-order valence-electron chi connectivity index (χ0n) is 20.4. The van der Waals surface area contributed by atoms with Gasteiger partial charge in [0.15, 0.2) is 0 Å². The van der Waals surface area contributed by atoms with Crippen LogP contribution in [0.25, 0.3) is 27.7 Å². The number of alkyl halides is 3. The van der Waals surface area contributed by atoms with E-state index in [4.69, 9.17) is 5.73 Å². The first-order valence-corrected chi connectivity index (χ1v) is 11.5. The zero-order chi connectivity index (χ0) is 26.4. The molecule has 0 radical (unpaired) electrons. The standard InChI is InChI=1S/C27H26F3N7/c1-37(2)11-10-32-16-20(15-31)18-6-7-23-25(13-18)34-17-35-26(23)36-22-8-9-33-24(14-22)19-4-3-5-21(12-19)27(28,29)30/h3-9,12-17H,10-11,31H2,1-2H3,(H,33,34,35,36). The van der Waals surface area contributed by atoms with Crippen molar-refractivity contribution >= 4 is 34.2 Å². The fourth-order valence-corrected chi connectivity index (χ4v) is 3.63. The van der Waals surface area contributed by atoms with E-state index in [-0.39, 0.29) is 0 Å². The second-order valence-electron chi connectivity index (χ2n) is 8.55. The third-order valence-electron chi connectivity index (χ3n) is 5.56. The van der Waals surface area contributed by atoms with Gasteiger partial charge in [-0.05, 0) is 56.1 Å². The van der Waals surface area contributed by atoms with Gasteiger partial charge in [-0.1, -0.05) is 18.2 Å². The number of hydrogen-bond donors (Lipinski definition) is 2. The highest BCUT2D eigenvalue weighted by molar-refractivity contribution is 6.10. The quantitative estimate of drug-likeness (QED) is 0.312. The molecule has 0 bridgehead atoms. The Balaban J connectivity index is 1.59. The molecule has 7 nitrogen and oxygen atoms in total. The number of halogens is 3. The Labute approximate surface area is 212 Å². The van der Waals surface area contributed by atoms with Crippen molar-refractivity contribution in [1.82, 2.24) is 19.9 Å². The summed E-state index contributed by atoms with van der Waals surface area (Å²) in [6.07, 6.45) is 1.81. The molecule has 0 saturated heterocycles. The number of nitrogens with one attached hydrogen (secondary N) is 1. The number of nitrogens with two attached hydrogens (primary N) is 1. The fourth-order valence-electron chi connectivity index (χ4n) is 3.63. The summed E-state index contributed by atoms with van der Waals surface area (Å²) in [6.45, 7) is 1.49. The number of likely N-dealkylation sites (N-methyl/N-ethyl adjacent to an activating group) is 1. The Morgan fingerprint density at radius 2 is 1.89 bits per heavy atom. The van der Waals surface area contributed by atoms with Gasteiger partial charge in [0.25, 0.3) is 0 Å². The van der Waals surface area contributed by atoms with Crippen LogP contribution in [0.1, 0.15) is 11.1 Å². The van der Waals surface area contributed by atoms with Crippen LogP contribution in [0.3, 0.4) is 0 Å². The third kappa shape index (κ3) is 6.47. The topological polar surface area (TPSA) is 92.3 Å². The SMILES string of the molecule is CN(C)CCN=CC(=CN)c1ccc2c(Nc3ccnc(-c4cccc(C(F)(F)F)c4)c3)ncnc2c1. The lowest BCUT2D eigenvalue weighted by Gasteiger charge is -2.12. The molecule has 0 fully saturated rings. The van der Waals surface area contributed by atoms with E-state index >= 15 is 0 Å². The van der Waals surface area contributed by atoms with E-state index in [2.05, 4.69) is 30.2 Å². The van der Waals surface area contributed by atoms with E-state index in [0.717, 1.165) is 35.2 Å². The average Bonchev–Trinajstić information content (AvgIpc) is 2.88. The van der Waals surface area contributed by atoms with Crippen LogP contribution in [0.5, 0.6) is 0 Å². The molecular weight excluding hydrogens is 479 g/mol. The molecule has 0 spiro atoms. The summed E-state index contributed by atoms with van der Waals surface area (Å²) in [5, 5.41) is 4.00. The van der Waals surface area contributed by atoms with E-state index < -0.39 is 11.7 Å². The van der Waals surface area contributed by atoms with Gasteiger partial charge in [-0.2, -0.15) is 13.2 Å². The normalized spacial score (nSPS) is 12.5. The molecule has 10 heteroatoms. The number of pyridine rings is 1. The minimum Gasteiger partial charge on any atom is -0.404 e. The number of aromatic nitrogens is 3. The Morgan fingerprint density at radius 1 is 1.05 bits per heavy atom. The highest BCUT2D eigenvalue weighted by atomic mass is 19.4. The van der Waals surface area contributed by atoms with Gasteiger partial charge >= 0.3 is 6.18 Å². The molecule has 2 aromatic heterocycles. The van der Waals surface area contributed by atoms with Gasteiger partial charge < -0.3 is 16.0 Å². The number of benzene rings is 2. The van der Waals surface area contributed by atoms with E-state index in [1.807, 2.05) is 32.3 Å². The second-order valence-corrected chi connectivity index (χ2v) is 8.55. The van der Waals surface area contributed by atoms with Crippen molar-refractivity contribution in [3.63, 3.8) is 0 Å². The van der Waals surface area contributed by atoms with Gasteiger partial charge in [0.1, 0.15) is 12.1 Å². The minimum atomic E-state index is -4.43. The van der Waals surface area contributed by atoms with Gasteiger partial charge in [0.2, 0.25) is 0 Å². The summed E-state index contributed by atoms with van der Waals surface area (Å²) in [5.41, 5.74) is 8.85. The number of allylic oxidation sites excluding steroid dienone is 1. The summed E-state index contributed by atoms with van der Waals surface area (Å²) < 4.78 is 39.4. The Kier molecular flexibility index (Phi) is 7.78. The van der Waals surface area contributed by atoms with Crippen LogP contribution < -0.4 is 11.1 Å². The lowest BCUT2D eigenvalue weighted by atomic mass is 10.1. The van der Waals surface area contributed by atoms with E-state index in [9.17, 15) is 13.2 Å². The van der Waals surface area contributed by atoms with E-state index in [1.165, 1.54) is 24.8 Å². The van der Waals surface area contributed by atoms with Crippen molar-refractivity contribution in [2.24, 2.45) is 10.7 Å². The molecule has 0 aliphatic heterocycles. The predicted molar refractivity (Wildman–Crippen MR) is 142 cm³/mol. The molecule has 190 valence electrons. The number of anilines is 2. The van der Waals surface area contributed by atoms with Crippen LogP contribution in [-0.2, 0) is 6.18 Å². The molecule has 2 heterocycles. The number of rotatable bonds is 8. The maximum atomic E-state index is 13.1. The van der Waals surface area contributed by atoms with Crippen LogP contribution in [-0.4, -0.2) is 53.3 Å². The summed E-state index contributed by atoms with van der Waals surface area (Å²) in [6, 6.07) is 14.2. The van der Waals surface area contributed by atoms with Crippen molar-refractivity contribution in [1.29, 1.82) is 0 Å². The van der Waals surface area contributed by atoms with Gasteiger partial charge in [0, 0.05) is 47.4 Å². The molecule has 0 unspecified atom stereocenters. The van der Waals surface area contributed by atoms with Crippen LogP contribution in [0.2, 0.25) is 0 Å². The fraction of sp³-hybridized carbons (Fsp3) is 0.185. The molecular formula is C27H26F3N7. The first kappa shape index (κ1) is 25.8. The number of aliphatic imine (C=N–C) groups is 1. The molecule has 0 aliphatic carbocycles. The molecule has 0 saturated carbocycles. The Bertz CT molecular complexity index is 1450. The van der Waals surface area contributed by atoms with Crippen molar-refractivity contribution in [3.05, 3.63) is 84.4 Å². The predicted octanol–water partition coefficient (Wildman–Crippen LogP) is 5.39. The summed E-state index contributed by atoms with van der Waals surface area (Å²) in [5.74, 6) is 0.552. The molecule has 2 aromatic carbocycles. The highest BCUT2D eigenvalue weighted by Gasteiger charge is 2.30. The summed E-state index contributed by atoms with van der Waals surface area (Å²) in [7, 11) is 3.98. The van der Waals surface area contributed by atoms with Crippen molar-refractivity contribution in [2.45, 2.75) is 6.18 Å². The molecule has 0 aliphatic rings. The van der Waals surface area contributed by atoms with Gasteiger partial charge in [-0.3, -0.25) is 9.98 Å². The number of nitrogens with zero attached hydrogens (tertiary/aromatic N) is 5. The number of fused-ring (bicyclic) bond motifs is 1. The zero-order valence-corrected chi connectivity index (χ0v) is 20.4. The van der Waals surface area contributed by atoms with Gasteiger partial charge in [0.05, 0.1) is 23.3 Å². The Hall–Kier alpha value is -4.31. The summed E-state index contributed by atoms with van der Waals surface area (Å²) in [4.78, 5) is 19.5. The minimum absolute atomic E-state index is 0.365. The van der Waals surface area contributed by atoms with E-state index in [0.29, 0.717) is 34.8 Å². The van der Waals surface area contributed by atoms with Crippen molar-refractivity contribution < 1.29 is 13.2 Å². The van der Waals surface area contributed by atoms with Crippen LogP contribution >= 0.6 is 0 Å². The lowest BCUT2D eigenvalue weighted by Crippen LogP contribution is -2.15. The largest absolute Gasteiger partial charge is 0.416 e. The van der Waals surface area contributed by atoms with Crippen molar-refractivity contribution in [3.8, 4) is 11.3 Å². The third-order valence-corrected chi connectivity index (χ3v) is 5.56. The first-order valence-electron chi connectivity index (χ1n) is 11.5. The summed E-state index contributed by atoms with van der Waals surface area (Å²) >= 11 is 0. The highest BCUT2D eigenvalue weighted by Crippen LogP contribution is 2.32. The van der Waals surface area contributed by atoms with Crippen LogP contribution in [0.4, 0.5) is 24.7 Å². The van der Waals surface area contributed by atoms with Crippen LogP contribution in [0, 0.1) is 0 Å². The molecule has 0 atom stereocenters. The monoisotopic (exact) mass is 505 g/mol. The molecule has 0 amide bonds. The lowest BCUT2D eigenvalue weighted by molar-refractivity contribution is -0.137. The molecule has 4 rings (SSSR count). The van der Waals surface area contributed by atoms with Crippen LogP contribution in [0.15, 0.2) is 78.3 Å². The first-order chi connectivity index (χ1) is 17.7. The Morgan fingerprint density at radius 3 is 2.65 bits per heavy atom. The van der Waals surface area contributed by atoms with Gasteiger partial charge in [-0.15, -0.1) is 0 Å². The molecule has 4 aromatic rings. The second kappa shape index (κ2) is 11.2. The smallest absolute Gasteiger partial charge is 0.404 e. The van der Waals surface area contributed by atoms with E-state index in [1.54, 1.807) is 24.4 Å².